The molecule has 0 radical (unpaired) electrons. The number of nitrogens with zero attached hydrogens (tertiary/aromatic N) is 3. The smallest absolute Gasteiger partial charge is 0.264 e. The van der Waals surface area contributed by atoms with E-state index in [4.69, 9.17) is 16.6 Å². The molecule has 0 saturated heterocycles. The third kappa shape index (κ3) is 5.51. The normalized spacial score (nSPS) is 15.4. The fourth-order valence-electron chi connectivity index (χ4n) is 4.42. The summed E-state index contributed by atoms with van der Waals surface area (Å²) in [6, 6.07) is 14.2. The summed E-state index contributed by atoms with van der Waals surface area (Å²) in [5.41, 5.74) is 2.98. The van der Waals surface area contributed by atoms with Gasteiger partial charge >= 0.3 is 0 Å². The molecule has 1 aliphatic heterocycles. The van der Waals surface area contributed by atoms with Gasteiger partial charge < -0.3 is 10.2 Å². The molecule has 1 aliphatic carbocycles. The molecule has 0 atom stereocenters. The van der Waals surface area contributed by atoms with Gasteiger partial charge in [0.2, 0.25) is 5.91 Å². The quantitative estimate of drug-likeness (QED) is 0.339. The summed E-state index contributed by atoms with van der Waals surface area (Å²) in [5, 5.41) is 4.55. The number of halogens is 2. The van der Waals surface area contributed by atoms with Gasteiger partial charge in [0.15, 0.2) is 5.16 Å². The standard InChI is InChI=1S/C27H28ClFN4O2S/c28-22-15-18(9-10-23(22)29)16-30-13-11-25(34)32-14-12-24-21(17-32)26(35)33(19-5-2-1-3-6-19)27(31-24)36-20-7-4-8-20/h1-3,5-6,9-10,15,20,30H,4,7-8,11-14,16-17H2. The van der Waals surface area contributed by atoms with E-state index in [0.717, 1.165) is 34.9 Å². The number of hydrogen-bond acceptors (Lipinski definition) is 5. The van der Waals surface area contributed by atoms with E-state index in [-0.39, 0.29) is 23.0 Å². The molecule has 5 rings (SSSR count). The zero-order valence-corrected chi connectivity index (χ0v) is 21.5. The molecule has 2 aliphatic rings. The van der Waals surface area contributed by atoms with E-state index in [1.54, 1.807) is 33.4 Å². The van der Waals surface area contributed by atoms with Crippen LogP contribution in [0.4, 0.5) is 4.39 Å². The maximum atomic E-state index is 13.7. The molecule has 36 heavy (non-hydrogen) atoms. The van der Waals surface area contributed by atoms with Crippen LogP contribution in [0.2, 0.25) is 5.02 Å². The Balaban J connectivity index is 1.27. The molecule has 9 heteroatoms. The van der Waals surface area contributed by atoms with E-state index in [1.807, 2.05) is 30.3 Å². The van der Waals surface area contributed by atoms with Gasteiger partial charge in [-0.3, -0.25) is 14.2 Å². The van der Waals surface area contributed by atoms with Crippen LogP contribution in [0.1, 0.15) is 42.5 Å². The Morgan fingerprint density at radius 3 is 2.72 bits per heavy atom. The molecule has 2 aromatic carbocycles. The summed E-state index contributed by atoms with van der Waals surface area (Å²) in [6.07, 6.45) is 4.40. The number of thioether (sulfide) groups is 1. The molecule has 2 heterocycles. The van der Waals surface area contributed by atoms with Crippen molar-refractivity contribution < 1.29 is 9.18 Å². The zero-order valence-electron chi connectivity index (χ0n) is 19.9. The number of carbonyl (C=O) groups excluding carboxylic acids is 1. The summed E-state index contributed by atoms with van der Waals surface area (Å²) in [4.78, 5) is 33.3. The minimum Gasteiger partial charge on any atom is -0.338 e. The maximum absolute atomic E-state index is 13.7. The Bertz CT molecular complexity index is 1310. The minimum atomic E-state index is -0.449. The van der Waals surface area contributed by atoms with Crippen molar-refractivity contribution in [3.05, 3.63) is 86.5 Å². The van der Waals surface area contributed by atoms with Crippen LogP contribution >= 0.6 is 23.4 Å². The number of hydrogen-bond donors (Lipinski definition) is 1. The highest BCUT2D eigenvalue weighted by atomic mass is 35.5. The van der Waals surface area contributed by atoms with E-state index >= 15 is 0 Å². The molecule has 0 spiro atoms. The Labute approximate surface area is 218 Å². The molecule has 1 fully saturated rings. The van der Waals surface area contributed by atoms with E-state index in [2.05, 4.69) is 5.32 Å². The SMILES string of the molecule is O=C(CCNCc1ccc(F)c(Cl)c1)N1CCc2nc(SC3CCC3)n(-c3ccccc3)c(=O)c2C1. The molecule has 1 saturated carbocycles. The van der Waals surface area contributed by atoms with E-state index < -0.39 is 5.82 Å². The second-order valence-electron chi connectivity index (χ2n) is 9.21. The van der Waals surface area contributed by atoms with Gasteiger partial charge in [0.25, 0.3) is 5.56 Å². The van der Waals surface area contributed by atoms with Gasteiger partial charge in [-0.15, -0.1) is 0 Å². The first-order valence-corrected chi connectivity index (χ1v) is 13.5. The fourth-order valence-corrected chi connectivity index (χ4v) is 5.95. The monoisotopic (exact) mass is 526 g/mol. The molecule has 0 bridgehead atoms. The molecular formula is C27H28ClFN4O2S. The van der Waals surface area contributed by atoms with Crippen LogP contribution < -0.4 is 10.9 Å². The average Bonchev–Trinajstić information content (AvgIpc) is 2.86. The van der Waals surface area contributed by atoms with Crippen LogP contribution in [0.25, 0.3) is 5.69 Å². The molecule has 188 valence electrons. The van der Waals surface area contributed by atoms with Crippen LogP contribution in [0.15, 0.2) is 58.5 Å². The Kier molecular flexibility index (Phi) is 7.74. The average molecular weight is 527 g/mol. The molecule has 1 amide bonds. The first kappa shape index (κ1) is 25.0. The van der Waals surface area contributed by atoms with Crippen molar-refractivity contribution in [2.75, 3.05) is 13.1 Å². The van der Waals surface area contributed by atoms with Gasteiger partial charge in [0.05, 0.1) is 28.5 Å². The van der Waals surface area contributed by atoms with Gasteiger partial charge in [0.1, 0.15) is 5.82 Å². The van der Waals surface area contributed by atoms with Gasteiger partial charge in [-0.2, -0.15) is 0 Å². The van der Waals surface area contributed by atoms with E-state index in [0.29, 0.717) is 43.3 Å². The number of amides is 1. The van der Waals surface area contributed by atoms with Crippen LogP contribution in [0, 0.1) is 5.82 Å². The topological polar surface area (TPSA) is 67.2 Å². The van der Waals surface area contributed by atoms with E-state index in [1.165, 1.54) is 12.5 Å². The molecule has 1 aromatic heterocycles. The number of aromatic nitrogens is 2. The van der Waals surface area contributed by atoms with Crippen LogP contribution in [0.3, 0.4) is 0 Å². The van der Waals surface area contributed by atoms with Crippen molar-refractivity contribution in [3.8, 4) is 5.69 Å². The molecule has 6 nitrogen and oxygen atoms in total. The number of fused-ring (bicyclic) bond motifs is 1. The van der Waals surface area contributed by atoms with Gasteiger partial charge in [0, 0.05) is 37.7 Å². The summed E-state index contributed by atoms with van der Waals surface area (Å²) in [7, 11) is 0. The zero-order chi connectivity index (χ0) is 25.1. The number of rotatable bonds is 8. The second kappa shape index (κ2) is 11.2. The van der Waals surface area contributed by atoms with Crippen LogP contribution in [0.5, 0.6) is 0 Å². The summed E-state index contributed by atoms with van der Waals surface area (Å²) in [6.45, 7) is 1.79. The molecule has 3 aromatic rings. The van der Waals surface area contributed by atoms with E-state index in [9.17, 15) is 14.0 Å². The van der Waals surface area contributed by atoms with Gasteiger partial charge in [-0.25, -0.2) is 9.37 Å². The Morgan fingerprint density at radius 1 is 1.19 bits per heavy atom. The first-order valence-electron chi connectivity index (χ1n) is 12.3. The highest BCUT2D eigenvalue weighted by Gasteiger charge is 2.28. The first-order chi connectivity index (χ1) is 17.5. The summed E-state index contributed by atoms with van der Waals surface area (Å²) >= 11 is 7.52. The predicted octanol–water partition coefficient (Wildman–Crippen LogP) is 4.73. The van der Waals surface area contributed by atoms with Gasteiger partial charge in [-0.05, 0) is 42.7 Å². The lowest BCUT2D eigenvalue weighted by atomic mass is 10.0. The van der Waals surface area contributed by atoms with Crippen molar-refractivity contribution in [1.82, 2.24) is 19.8 Å². The fraction of sp³-hybridized carbons (Fsp3) is 0.370. The van der Waals surface area contributed by atoms with Crippen LogP contribution in [-0.2, 0) is 24.3 Å². The molecular weight excluding hydrogens is 499 g/mol. The van der Waals surface area contributed by atoms with Crippen molar-refractivity contribution in [2.45, 2.75) is 55.6 Å². The lowest BCUT2D eigenvalue weighted by Gasteiger charge is -2.30. The highest BCUT2D eigenvalue weighted by molar-refractivity contribution is 7.99. The molecule has 0 unspecified atom stereocenters. The lowest BCUT2D eigenvalue weighted by molar-refractivity contribution is -0.132. The predicted molar refractivity (Wildman–Crippen MR) is 140 cm³/mol. The third-order valence-electron chi connectivity index (χ3n) is 6.72. The number of carbonyl (C=O) groups is 1. The summed E-state index contributed by atoms with van der Waals surface area (Å²) in [5.74, 6) is -0.459. The molecule has 1 N–H and O–H groups in total. The van der Waals surface area contributed by atoms with Gasteiger partial charge in [-0.1, -0.05) is 54.0 Å². The van der Waals surface area contributed by atoms with Crippen LogP contribution in [-0.4, -0.2) is 38.7 Å². The summed E-state index contributed by atoms with van der Waals surface area (Å²) < 4.78 is 15.0. The number of benzene rings is 2. The second-order valence-corrected chi connectivity index (χ2v) is 10.9. The lowest BCUT2D eigenvalue weighted by Crippen LogP contribution is -2.42. The highest BCUT2D eigenvalue weighted by Crippen LogP contribution is 2.36. The number of para-hydroxylation sites is 1. The third-order valence-corrected chi connectivity index (χ3v) is 8.30. The van der Waals surface area contributed by atoms with Crippen molar-refractivity contribution in [1.29, 1.82) is 0 Å². The van der Waals surface area contributed by atoms with Crippen molar-refractivity contribution in [2.24, 2.45) is 0 Å². The Morgan fingerprint density at radius 2 is 2.00 bits per heavy atom. The number of nitrogens with one attached hydrogen (secondary N) is 1. The Hall–Kier alpha value is -2.68. The maximum Gasteiger partial charge on any atom is 0.264 e. The largest absolute Gasteiger partial charge is 0.338 e. The van der Waals surface area contributed by atoms with Crippen molar-refractivity contribution >= 4 is 29.3 Å². The van der Waals surface area contributed by atoms with Crippen molar-refractivity contribution in [3.63, 3.8) is 0 Å². The minimum absolute atomic E-state index is 0.0103.